The second-order valence-corrected chi connectivity index (χ2v) is 6.50. The molecule has 0 spiro atoms. The molecule has 3 atom stereocenters. The van der Waals surface area contributed by atoms with Crippen LogP contribution in [0.25, 0.3) is 0 Å². The molecule has 2 N–H and O–H groups in total. The van der Waals surface area contributed by atoms with Gasteiger partial charge in [0.05, 0.1) is 0 Å². The Bertz CT molecular complexity index is 404. The molecule has 2 rings (SSSR count). The maximum Gasteiger partial charge on any atom is 0.0455 e. The lowest BCUT2D eigenvalue weighted by molar-refractivity contribution is 0.0437. The van der Waals surface area contributed by atoms with Gasteiger partial charge < -0.3 is 10.6 Å². The van der Waals surface area contributed by atoms with Crippen LogP contribution in [0, 0.1) is 5.92 Å². The van der Waals surface area contributed by atoms with Crippen molar-refractivity contribution in [2.24, 2.45) is 11.7 Å². The van der Waals surface area contributed by atoms with Crippen molar-refractivity contribution in [2.45, 2.75) is 38.9 Å². The topological polar surface area (TPSA) is 32.5 Å². The van der Waals surface area contributed by atoms with E-state index in [2.05, 4.69) is 68.0 Å². The number of rotatable bonds is 4. The molecule has 1 aromatic rings. The summed E-state index contributed by atoms with van der Waals surface area (Å²) in [6, 6.07) is 11.6. The molecule has 1 saturated heterocycles. The Morgan fingerprint density at radius 1 is 1.15 bits per heavy atom. The summed E-state index contributed by atoms with van der Waals surface area (Å²) in [6.07, 6.45) is 0. The van der Waals surface area contributed by atoms with Crippen LogP contribution in [0.5, 0.6) is 0 Å². The summed E-state index contributed by atoms with van der Waals surface area (Å²) >= 11 is 0. The zero-order valence-corrected chi connectivity index (χ0v) is 13.3. The molecule has 1 fully saturated rings. The highest BCUT2D eigenvalue weighted by molar-refractivity contribution is 5.20. The van der Waals surface area contributed by atoms with Gasteiger partial charge in [0.1, 0.15) is 0 Å². The first kappa shape index (κ1) is 15.5. The second-order valence-electron chi connectivity index (χ2n) is 6.50. The number of nitrogens with zero attached hydrogens (tertiary/aromatic N) is 2. The fraction of sp³-hybridized carbons (Fsp3) is 0.647. The lowest BCUT2D eigenvalue weighted by Crippen LogP contribution is -2.57. The van der Waals surface area contributed by atoms with E-state index >= 15 is 0 Å². The average molecular weight is 275 g/mol. The van der Waals surface area contributed by atoms with Crippen molar-refractivity contribution >= 4 is 0 Å². The maximum atomic E-state index is 6.60. The molecule has 3 unspecified atom stereocenters. The first-order valence-electron chi connectivity index (χ1n) is 7.75. The van der Waals surface area contributed by atoms with E-state index in [4.69, 9.17) is 5.73 Å². The van der Waals surface area contributed by atoms with Crippen molar-refractivity contribution in [3.05, 3.63) is 35.9 Å². The van der Waals surface area contributed by atoms with Crippen molar-refractivity contribution in [2.75, 3.05) is 26.7 Å². The molecule has 1 aliphatic rings. The Morgan fingerprint density at radius 2 is 1.80 bits per heavy atom. The summed E-state index contributed by atoms with van der Waals surface area (Å²) in [7, 11) is 2.21. The maximum absolute atomic E-state index is 6.60. The third kappa shape index (κ3) is 3.40. The molecule has 1 aromatic carbocycles. The summed E-state index contributed by atoms with van der Waals surface area (Å²) in [6.45, 7) is 10.2. The zero-order valence-electron chi connectivity index (χ0n) is 13.3. The van der Waals surface area contributed by atoms with E-state index in [0.29, 0.717) is 18.0 Å². The molecule has 112 valence electrons. The van der Waals surface area contributed by atoms with E-state index in [0.717, 1.165) is 19.6 Å². The standard InChI is InChI=1S/C17H29N3/c1-13(2)17(16(18)15-8-6-5-7-9-15)20-11-10-19(4)14(3)12-20/h5-9,13-14,16-17H,10-12,18H2,1-4H3. The average Bonchev–Trinajstić information content (AvgIpc) is 2.43. The fourth-order valence-electron chi connectivity index (χ4n) is 3.28. The van der Waals surface area contributed by atoms with Gasteiger partial charge in [-0.1, -0.05) is 44.2 Å². The first-order valence-corrected chi connectivity index (χ1v) is 7.75. The highest BCUT2D eigenvalue weighted by Crippen LogP contribution is 2.26. The molecule has 3 nitrogen and oxygen atoms in total. The van der Waals surface area contributed by atoms with Gasteiger partial charge in [-0.05, 0) is 25.5 Å². The van der Waals surface area contributed by atoms with E-state index < -0.39 is 0 Å². The van der Waals surface area contributed by atoms with Crippen LogP contribution in [0.3, 0.4) is 0 Å². The van der Waals surface area contributed by atoms with Gasteiger partial charge >= 0.3 is 0 Å². The van der Waals surface area contributed by atoms with Crippen molar-refractivity contribution in [1.82, 2.24) is 9.80 Å². The number of hydrogen-bond acceptors (Lipinski definition) is 3. The monoisotopic (exact) mass is 275 g/mol. The lowest BCUT2D eigenvalue weighted by atomic mass is 9.89. The first-order chi connectivity index (χ1) is 9.50. The Hall–Kier alpha value is -0.900. The summed E-state index contributed by atoms with van der Waals surface area (Å²) < 4.78 is 0. The zero-order chi connectivity index (χ0) is 14.7. The number of likely N-dealkylation sites (N-methyl/N-ethyl adjacent to an activating group) is 1. The van der Waals surface area contributed by atoms with Gasteiger partial charge in [-0.3, -0.25) is 4.90 Å². The van der Waals surface area contributed by atoms with Crippen molar-refractivity contribution in [1.29, 1.82) is 0 Å². The van der Waals surface area contributed by atoms with Gasteiger partial charge in [-0.2, -0.15) is 0 Å². The molecule has 0 bridgehead atoms. The predicted octanol–water partition coefficient (Wildman–Crippen LogP) is 2.35. The van der Waals surface area contributed by atoms with Crippen LogP contribution in [-0.4, -0.2) is 48.6 Å². The molecular weight excluding hydrogens is 246 g/mol. The van der Waals surface area contributed by atoms with Crippen LogP contribution in [0.15, 0.2) is 30.3 Å². The molecule has 0 radical (unpaired) electrons. The van der Waals surface area contributed by atoms with Crippen molar-refractivity contribution in [3.63, 3.8) is 0 Å². The number of nitrogens with two attached hydrogens (primary N) is 1. The van der Waals surface area contributed by atoms with E-state index in [-0.39, 0.29) is 6.04 Å². The second kappa shape index (κ2) is 6.70. The lowest BCUT2D eigenvalue weighted by Gasteiger charge is -2.45. The molecule has 1 heterocycles. The third-order valence-corrected chi connectivity index (χ3v) is 4.65. The Labute approximate surface area is 123 Å². The number of benzene rings is 1. The van der Waals surface area contributed by atoms with E-state index in [9.17, 15) is 0 Å². The van der Waals surface area contributed by atoms with Gasteiger partial charge in [-0.25, -0.2) is 0 Å². The molecule has 0 saturated carbocycles. The normalized spacial score (nSPS) is 24.8. The minimum absolute atomic E-state index is 0.0896. The van der Waals surface area contributed by atoms with E-state index in [1.165, 1.54) is 5.56 Å². The van der Waals surface area contributed by atoms with Crippen LogP contribution >= 0.6 is 0 Å². The molecule has 0 aliphatic carbocycles. The Balaban J connectivity index is 2.15. The number of hydrogen-bond donors (Lipinski definition) is 1. The quantitative estimate of drug-likeness (QED) is 0.915. The van der Waals surface area contributed by atoms with Crippen molar-refractivity contribution < 1.29 is 0 Å². The minimum Gasteiger partial charge on any atom is -0.323 e. The smallest absolute Gasteiger partial charge is 0.0455 e. The van der Waals surface area contributed by atoms with Crippen LogP contribution in [0.4, 0.5) is 0 Å². The summed E-state index contributed by atoms with van der Waals surface area (Å²) in [4.78, 5) is 5.02. The molecule has 0 amide bonds. The number of piperazine rings is 1. The minimum atomic E-state index is 0.0896. The van der Waals surface area contributed by atoms with Gasteiger partial charge in [0.2, 0.25) is 0 Å². The summed E-state index contributed by atoms with van der Waals surface area (Å²) in [5, 5.41) is 0. The largest absolute Gasteiger partial charge is 0.323 e. The van der Waals surface area contributed by atoms with Gasteiger partial charge in [-0.15, -0.1) is 0 Å². The van der Waals surface area contributed by atoms with Crippen LogP contribution in [-0.2, 0) is 0 Å². The fourth-order valence-corrected chi connectivity index (χ4v) is 3.28. The molecule has 20 heavy (non-hydrogen) atoms. The van der Waals surface area contributed by atoms with Crippen LogP contribution in [0.1, 0.15) is 32.4 Å². The van der Waals surface area contributed by atoms with Gasteiger partial charge in [0, 0.05) is 37.8 Å². The summed E-state index contributed by atoms with van der Waals surface area (Å²) in [5.41, 5.74) is 7.84. The van der Waals surface area contributed by atoms with E-state index in [1.54, 1.807) is 0 Å². The Kier molecular flexibility index (Phi) is 5.19. The molecule has 1 aliphatic heterocycles. The van der Waals surface area contributed by atoms with Gasteiger partial charge in [0.15, 0.2) is 0 Å². The van der Waals surface area contributed by atoms with Gasteiger partial charge in [0.25, 0.3) is 0 Å². The van der Waals surface area contributed by atoms with Crippen LogP contribution < -0.4 is 5.73 Å². The Morgan fingerprint density at radius 3 is 2.35 bits per heavy atom. The van der Waals surface area contributed by atoms with E-state index in [1.807, 2.05) is 0 Å². The summed E-state index contributed by atoms with van der Waals surface area (Å²) in [5.74, 6) is 0.556. The predicted molar refractivity (Wildman–Crippen MR) is 85.7 cm³/mol. The molecular formula is C17H29N3. The third-order valence-electron chi connectivity index (χ3n) is 4.65. The molecule has 0 aromatic heterocycles. The highest BCUT2D eigenvalue weighted by Gasteiger charge is 2.32. The van der Waals surface area contributed by atoms with Crippen molar-refractivity contribution in [3.8, 4) is 0 Å². The highest BCUT2D eigenvalue weighted by atomic mass is 15.3. The van der Waals surface area contributed by atoms with Crippen LogP contribution in [0.2, 0.25) is 0 Å². The SMILES string of the molecule is CC(C)C(C(N)c1ccccc1)N1CCN(C)C(C)C1. The molecule has 3 heteroatoms.